The summed E-state index contributed by atoms with van der Waals surface area (Å²) in [4.78, 5) is 10.8. The lowest BCUT2D eigenvalue weighted by atomic mass is 9.82. The molecular formula is C11H21NO2. The summed E-state index contributed by atoms with van der Waals surface area (Å²) >= 11 is 0. The summed E-state index contributed by atoms with van der Waals surface area (Å²) in [7, 11) is 0. The fraction of sp³-hybridized carbons (Fsp3) is 1.00. The van der Waals surface area contributed by atoms with E-state index in [0.29, 0.717) is 5.92 Å². The van der Waals surface area contributed by atoms with Crippen LogP contribution in [-0.4, -0.2) is 11.0 Å². The number of unbranched alkanes of at least 4 members (excludes halogenated alkanes) is 2. The Bertz CT molecular complexity index is 182. The van der Waals surface area contributed by atoms with Gasteiger partial charge in [0, 0.05) is 17.3 Å². The maximum atomic E-state index is 10.8. The molecule has 0 amide bonds. The third kappa shape index (κ3) is 3.28. The van der Waals surface area contributed by atoms with Gasteiger partial charge in [-0.15, -0.1) is 0 Å². The highest BCUT2D eigenvalue weighted by molar-refractivity contribution is 4.75. The zero-order valence-corrected chi connectivity index (χ0v) is 9.08. The highest BCUT2D eigenvalue weighted by atomic mass is 16.6. The molecule has 3 nitrogen and oxygen atoms in total. The number of hydrogen-bond donors (Lipinski definition) is 0. The van der Waals surface area contributed by atoms with Crippen LogP contribution in [0.2, 0.25) is 0 Å². The van der Waals surface area contributed by atoms with Crippen molar-refractivity contribution in [3.05, 3.63) is 10.1 Å². The molecule has 0 radical (unpaired) electrons. The van der Waals surface area contributed by atoms with Crippen LogP contribution in [0.25, 0.3) is 0 Å². The monoisotopic (exact) mass is 199 g/mol. The van der Waals surface area contributed by atoms with E-state index in [1.54, 1.807) is 0 Å². The Hall–Kier alpha value is -0.600. The van der Waals surface area contributed by atoms with Crippen LogP contribution in [0.4, 0.5) is 0 Å². The Balaban J connectivity index is 2.34. The molecule has 0 aliphatic heterocycles. The number of hydrogen-bond acceptors (Lipinski definition) is 2. The van der Waals surface area contributed by atoms with Crippen molar-refractivity contribution in [2.24, 2.45) is 5.92 Å². The van der Waals surface area contributed by atoms with Gasteiger partial charge >= 0.3 is 0 Å². The topological polar surface area (TPSA) is 43.1 Å². The van der Waals surface area contributed by atoms with Gasteiger partial charge in [0.2, 0.25) is 6.04 Å². The van der Waals surface area contributed by atoms with Gasteiger partial charge in [-0.3, -0.25) is 10.1 Å². The third-order valence-electron chi connectivity index (χ3n) is 3.32. The number of rotatable bonds is 5. The molecule has 0 N–H and O–H groups in total. The molecule has 1 aliphatic carbocycles. The first-order valence-electron chi connectivity index (χ1n) is 5.89. The minimum atomic E-state index is -0.236. The van der Waals surface area contributed by atoms with Crippen LogP contribution in [0.1, 0.15) is 58.3 Å². The zero-order valence-electron chi connectivity index (χ0n) is 9.08. The van der Waals surface area contributed by atoms with E-state index in [4.69, 9.17) is 0 Å². The van der Waals surface area contributed by atoms with Gasteiger partial charge in [0.15, 0.2) is 0 Å². The summed E-state index contributed by atoms with van der Waals surface area (Å²) in [6.07, 6.45) is 8.80. The van der Waals surface area contributed by atoms with Crippen LogP contribution >= 0.6 is 0 Å². The molecular weight excluding hydrogens is 178 g/mol. The standard InChI is InChI=1S/C11H21NO2/c1-2-3-4-7-10-8-5-6-9-11(10)12(13)14/h10-11H,2-9H2,1H3. The minimum Gasteiger partial charge on any atom is -0.264 e. The molecule has 0 spiro atoms. The SMILES string of the molecule is CCCCCC1CCCCC1[N+](=O)[O-]. The van der Waals surface area contributed by atoms with Gasteiger partial charge in [-0.25, -0.2) is 0 Å². The van der Waals surface area contributed by atoms with Gasteiger partial charge in [0.05, 0.1) is 0 Å². The zero-order chi connectivity index (χ0) is 10.4. The Labute approximate surface area is 86.0 Å². The smallest absolute Gasteiger partial charge is 0.215 e. The Morgan fingerprint density at radius 2 is 2.00 bits per heavy atom. The highest BCUT2D eigenvalue weighted by Gasteiger charge is 2.33. The molecule has 82 valence electrons. The first kappa shape index (κ1) is 11.5. The van der Waals surface area contributed by atoms with Gasteiger partial charge in [-0.05, 0) is 19.3 Å². The van der Waals surface area contributed by atoms with Gasteiger partial charge in [-0.2, -0.15) is 0 Å². The van der Waals surface area contributed by atoms with E-state index in [1.165, 1.54) is 25.7 Å². The van der Waals surface area contributed by atoms with E-state index in [1.807, 2.05) is 0 Å². The summed E-state index contributed by atoms with van der Waals surface area (Å²) in [6.45, 7) is 2.17. The average molecular weight is 199 g/mol. The van der Waals surface area contributed by atoms with Gasteiger partial charge in [0.25, 0.3) is 0 Å². The van der Waals surface area contributed by atoms with Crippen molar-refractivity contribution in [3.8, 4) is 0 Å². The molecule has 3 heteroatoms. The fourth-order valence-corrected chi connectivity index (χ4v) is 2.46. The lowest BCUT2D eigenvalue weighted by Gasteiger charge is -2.25. The first-order valence-corrected chi connectivity index (χ1v) is 5.89. The van der Waals surface area contributed by atoms with Crippen LogP contribution in [0.3, 0.4) is 0 Å². The molecule has 2 unspecified atom stereocenters. The summed E-state index contributed by atoms with van der Waals surface area (Å²) in [6, 6.07) is -0.236. The van der Waals surface area contributed by atoms with Crippen molar-refractivity contribution in [2.45, 2.75) is 64.3 Å². The second-order valence-electron chi connectivity index (χ2n) is 4.39. The largest absolute Gasteiger partial charge is 0.264 e. The lowest BCUT2D eigenvalue weighted by Crippen LogP contribution is -2.32. The second-order valence-corrected chi connectivity index (χ2v) is 4.39. The fourth-order valence-electron chi connectivity index (χ4n) is 2.46. The summed E-state index contributed by atoms with van der Waals surface area (Å²) in [5.41, 5.74) is 0. The van der Waals surface area contributed by atoms with Crippen LogP contribution in [0.5, 0.6) is 0 Å². The van der Waals surface area contributed by atoms with Crippen molar-refractivity contribution in [3.63, 3.8) is 0 Å². The highest BCUT2D eigenvalue weighted by Crippen LogP contribution is 2.30. The van der Waals surface area contributed by atoms with Crippen LogP contribution < -0.4 is 0 Å². The molecule has 0 aromatic rings. The summed E-state index contributed by atoms with van der Waals surface area (Å²) in [5, 5.41) is 10.8. The van der Waals surface area contributed by atoms with Gasteiger partial charge < -0.3 is 0 Å². The molecule has 0 aromatic heterocycles. The van der Waals surface area contributed by atoms with E-state index in [0.717, 1.165) is 25.7 Å². The molecule has 0 saturated heterocycles. The maximum absolute atomic E-state index is 10.8. The molecule has 1 fully saturated rings. The van der Waals surface area contributed by atoms with Gasteiger partial charge in [0.1, 0.15) is 0 Å². The Morgan fingerprint density at radius 3 is 2.64 bits per heavy atom. The minimum absolute atomic E-state index is 0.0459. The Kier molecular flexibility index (Phi) is 4.91. The van der Waals surface area contributed by atoms with Crippen molar-refractivity contribution in [2.75, 3.05) is 0 Å². The van der Waals surface area contributed by atoms with Crippen molar-refractivity contribution in [1.29, 1.82) is 0 Å². The van der Waals surface area contributed by atoms with Crippen LogP contribution in [0.15, 0.2) is 0 Å². The molecule has 1 saturated carbocycles. The van der Waals surface area contributed by atoms with Gasteiger partial charge in [-0.1, -0.05) is 32.6 Å². The predicted molar refractivity (Wildman–Crippen MR) is 56.9 cm³/mol. The molecule has 0 heterocycles. The van der Waals surface area contributed by atoms with E-state index < -0.39 is 0 Å². The predicted octanol–water partition coefficient (Wildman–Crippen LogP) is 3.40. The number of nitrogens with zero attached hydrogens (tertiary/aromatic N) is 1. The number of nitro groups is 1. The average Bonchev–Trinajstić information content (AvgIpc) is 2.19. The van der Waals surface area contributed by atoms with E-state index in [9.17, 15) is 10.1 Å². The van der Waals surface area contributed by atoms with E-state index in [2.05, 4.69) is 6.92 Å². The lowest BCUT2D eigenvalue weighted by molar-refractivity contribution is -0.536. The molecule has 14 heavy (non-hydrogen) atoms. The summed E-state index contributed by atoms with van der Waals surface area (Å²) < 4.78 is 0. The quantitative estimate of drug-likeness (QED) is 0.387. The normalized spacial score (nSPS) is 27.5. The molecule has 1 aliphatic rings. The first-order chi connectivity index (χ1) is 6.75. The van der Waals surface area contributed by atoms with Crippen molar-refractivity contribution < 1.29 is 4.92 Å². The molecule has 0 aromatic carbocycles. The second kappa shape index (κ2) is 5.99. The molecule has 0 bridgehead atoms. The third-order valence-corrected chi connectivity index (χ3v) is 3.32. The van der Waals surface area contributed by atoms with E-state index in [-0.39, 0.29) is 11.0 Å². The Morgan fingerprint density at radius 1 is 1.29 bits per heavy atom. The summed E-state index contributed by atoms with van der Waals surface area (Å²) in [5.74, 6) is 0.366. The van der Waals surface area contributed by atoms with Crippen LogP contribution in [-0.2, 0) is 0 Å². The molecule has 1 rings (SSSR count). The van der Waals surface area contributed by atoms with E-state index >= 15 is 0 Å². The molecule has 2 atom stereocenters. The van der Waals surface area contributed by atoms with Crippen molar-refractivity contribution in [1.82, 2.24) is 0 Å². The van der Waals surface area contributed by atoms with Crippen molar-refractivity contribution >= 4 is 0 Å². The van der Waals surface area contributed by atoms with Crippen LogP contribution in [0, 0.1) is 16.0 Å². The maximum Gasteiger partial charge on any atom is 0.215 e.